The monoisotopic (exact) mass is 345 g/mol. The maximum absolute atomic E-state index is 12.4. The van der Waals surface area contributed by atoms with Gasteiger partial charge in [0.1, 0.15) is 5.78 Å². The van der Waals surface area contributed by atoms with Crippen LogP contribution in [-0.2, 0) is 19.6 Å². The van der Waals surface area contributed by atoms with E-state index < -0.39 is 21.4 Å². The summed E-state index contributed by atoms with van der Waals surface area (Å²) in [4.78, 5) is 22.8. The van der Waals surface area contributed by atoms with E-state index in [1.54, 1.807) is 0 Å². The molecule has 7 heteroatoms. The lowest BCUT2D eigenvalue weighted by Gasteiger charge is -2.36. The molecule has 0 spiro atoms. The quantitative estimate of drug-likeness (QED) is 0.622. The maximum atomic E-state index is 12.4. The minimum atomic E-state index is -3.50. The van der Waals surface area contributed by atoms with Crippen molar-refractivity contribution < 1.29 is 23.1 Å². The molecule has 0 radical (unpaired) electrons. The fraction of sp³-hybridized carbons (Fsp3) is 0.875. The number of carbonyl (C=O) groups is 2. The first-order valence-corrected chi connectivity index (χ1v) is 9.98. The third kappa shape index (κ3) is 3.60. The number of fused-ring (bicyclic) bond motifs is 2. The van der Waals surface area contributed by atoms with Crippen LogP contribution in [-0.4, -0.2) is 37.6 Å². The zero-order valence-electron chi connectivity index (χ0n) is 13.9. The number of rotatable bonds is 9. The molecule has 2 saturated carbocycles. The molecule has 2 aliphatic rings. The summed E-state index contributed by atoms with van der Waals surface area (Å²) in [5.41, 5.74) is -0.979. The fourth-order valence-electron chi connectivity index (χ4n) is 4.29. The van der Waals surface area contributed by atoms with Crippen molar-refractivity contribution in [3.05, 3.63) is 0 Å². The molecule has 2 rings (SSSR count). The van der Waals surface area contributed by atoms with Crippen molar-refractivity contribution in [2.24, 2.45) is 16.7 Å². The molecule has 0 aromatic carbocycles. The Morgan fingerprint density at radius 3 is 2.52 bits per heavy atom. The van der Waals surface area contributed by atoms with E-state index in [9.17, 15) is 18.0 Å². The molecule has 2 unspecified atom stereocenters. The molecule has 2 bridgehead atoms. The molecule has 23 heavy (non-hydrogen) atoms. The smallest absolute Gasteiger partial charge is 0.303 e. The van der Waals surface area contributed by atoms with Gasteiger partial charge in [0.15, 0.2) is 0 Å². The Hall–Kier alpha value is -0.950. The normalized spacial score (nSPS) is 29.1. The Labute approximate surface area is 138 Å². The van der Waals surface area contributed by atoms with Gasteiger partial charge in [-0.2, -0.15) is 0 Å². The van der Waals surface area contributed by atoms with Gasteiger partial charge in [-0.05, 0) is 37.0 Å². The van der Waals surface area contributed by atoms with Gasteiger partial charge in [-0.25, -0.2) is 13.1 Å². The van der Waals surface area contributed by atoms with Gasteiger partial charge in [0.25, 0.3) is 0 Å². The first-order valence-electron chi connectivity index (χ1n) is 8.33. The van der Waals surface area contributed by atoms with E-state index >= 15 is 0 Å². The second-order valence-corrected chi connectivity index (χ2v) is 9.33. The Morgan fingerprint density at radius 1 is 1.30 bits per heavy atom. The lowest BCUT2D eigenvalue weighted by molar-refractivity contribution is -0.137. The second-order valence-electron chi connectivity index (χ2n) is 7.52. The first kappa shape index (κ1) is 18.4. The fourth-order valence-corrected chi connectivity index (χ4v) is 6.17. The number of Topliss-reactive ketones (excluding diaryl/α,β-unsaturated/α-hetero) is 1. The van der Waals surface area contributed by atoms with Crippen molar-refractivity contribution in [1.82, 2.24) is 4.72 Å². The van der Waals surface area contributed by atoms with E-state index in [2.05, 4.69) is 4.72 Å². The number of carboxylic acids is 1. The van der Waals surface area contributed by atoms with Crippen LogP contribution in [0.25, 0.3) is 0 Å². The second kappa shape index (κ2) is 6.51. The molecule has 0 heterocycles. The van der Waals surface area contributed by atoms with Gasteiger partial charge in [-0.3, -0.25) is 9.59 Å². The van der Waals surface area contributed by atoms with Gasteiger partial charge in [0.05, 0.1) is 5.75 Å². The highest BCUT2D eigenvalue weighted by atomic mass is 32.2. The average molecular weight is 345 g/mol. The molecule has 2 atom stereocenters. The number of sulfonamides is 1. The van der Waals surface area contributed by atoms with Crippen LogP contribution in [0.1, 0.15) is 58.8 Å². The molecule has 6 nitrogen and oxygen atoms in total. The van der Waals surface area contributed by atoms with Crippen LogP contribution in [0.5, 0.6) is 0 Å². The predicted molar refractivity (Wildman–Crippen MR) is 86.5 cm³/mol. The standard InChI is InChI=1S/C16H27NO5S/c1-15(2)12-7-8-16(15,13(18)10-12)11-23(21,22)17-9-5-3-4-6-14(19)20/h12,17H,3-11H2,1-2H3,(H,19,20). The summed E-state index contributed by atoms with van der Waals surface area (Å²) in [5, 5.41) is 8.55. The minimum Gasteiger partial charge on any atom is -0.481 e. The number of hydrogen-bond acceptors (Lipinski definition) is 4. The summed E-state index contributed by atoms with van der Waals surface area (Å²) in [7, 11) is -3.50. The summed E-state index contributed by atoms with van der Waals surface area (Å²) < 4.78 is 27.4. The van der Waals surface area contributed by atoms with Gasteiger partial charge in [0, 0.05) is 24.8 Å². The zero-order valence-corrected chi connectivity index (χ0v) is 14.7. The Balaban J connectivity index is 1.86. The van der Waals surface area contributed by atoms with Gasteiger partial charge >= 0.3 is 5.97 Å². The van der Waals surface area contributed by atoms with Crippen LogP contribution in [0.4, 0.5) is 0 Å². The van der Waals surface area contributed by atoms with Crippen molar-refractivity contribution in [2.75, 3.05) is 12.3 Å². The minimum absolute atomic E-state index is 0.102. The molecule has 0 aliphatic heterocycles. The lowest BCUT2D eigenvalue weighted by atomic mass is 9.70. The van der Waals surface area contributed by atoms with E-state index in [0.717, 1.165) is 6.42 Å². The van der Waals surface area contributed by atoms with Gasteiger partial charge in [-0.1, -0.05) is 20.3 Å². The highest BCUT2D eigenvalue weighted by Gasteiger charge is 2.65. The Morgan fingerprint density at radius 2 is 2.00 bits per heavy atom. The maximum Gasteiger partial charge on any atom is 0.303 e. The summed E-state index contributed by atoms with van der Waals surface area (Å²) >= 11 is 0. The largest absolute Gasteiger partial charge is 0.481 e. The Bertz CT molecular complexity index is 583. The molecular formula is C16H27NO5S. The lowest BCUT2D eigenvalue weighted by Crippen LogP contribution is -2.45. The van der Waals surface area contributed by atoms with Crippen molar-refractivity contribution in [2.45, 2.75) is 58.8 Å². The number of aliphatic carboxylic acids is 1. The number of ketones is 1. The molecule has 2 fully saturated rings. The van der Waals surface area contributed by atoms with Crippen LogP contribution in [0, 0.1) is 16.7 Å². The predicted octanol–water partition coefficient (Wildman–Crippen LogP) is 1.95. The van der Waals surface area contributed by atoms with Crippen molar-refractivity contribution in [1.29, 1.82) is 0 Å². The molecule has 0 saturated heterocycles. The number of hydrogen-bond donors (Lipinski definition) is 2. The highest BCUT2D eigenvalue weighted by molar-refractivity contribution is 7.89. The topological polar surface area (TPSA) is 101 Å². The van der Waals surface area contributed by atoms with Crippen LogP contribution in [0.3, 0.4) is 0 Å². The molecule has 2 N–H and O–H groups in total. The number of carbonyl (C=O) groups excluding carboxylic acids is 1. The van der Waals surface area contributed by atoms with Gasteiger partial charge < -0.3 is 5.11 Å². The summed E-state index contributed by atoms with van der Waals surface area (Å²) in [5.74, 6) is -0.536. The summed E-state index contributed by atoms with van der Waals surface area (Å²) in [6.07, 6.45) is 4.06. The number of carboxylic acid groups (broad SMARTS) is 1. The SMILES string of the molecule is CC1(C)C2CCC1(CS(=O)(=O)NCCCCCC(=O)O)C(=O)C2. The number of unbranched alkanes of at least 4 members (excludes halogenated alkanes) is 2. The highest BCUT2D eigenvalue weighted by Crippen LogP contribution is 2.64. The van der Waals surface area contributed by atoms with E-state index in [1.807, 2.05) is 13.8 Å². The van der Waals surface area contributed by atoms with E-state index in [-0.39, 0.29) is 23.4 Å². The van der Waals surface area contributed by atoms with E-state index in [0.29, 0.717) is 44.6 Å². The third-order valence-corrected chi connectivity index (χ3v) is 7.48. The average Bonchev–Trinajstić information content (AvgIpc) is 2.76. The van der Waals surface area contributed by atoms with Crippen LogP contribution >= 0.6 is 0 Å². The summed E-state index contributed by atoms with van der Waals surface area (Å²) in [6.45, 7) is 4.35. The van der Waals surface area contributed by atoms with Crippen molar-refractivity contribution in [3.8, 4) is 0 Å². The first-order chi connectivity index (χ1) is 10.6. The molecule has 0 aromatic heterocycles. The van der Waals surface area contributed by atoms with Crippen molar-refractivity contribution in [3.63, 3.8) is 0 Å². The number of nitrogens with one attached hydrogen (secondary N) is 1. The van der Waals surface area contributed by atoms with E-state index in [4.69, 9.17) is 5.11 Å². The van der Waals surface area contributed by atoms with Crippen LogP contribution < -0.4 is 4.72 Å². The molecular weight excluding hydrogens is 318 g/mol. The molecule has 132 valence electrons. The zero-order chi connectivity index (χ0) is 17.3. The van der Waals surface area contributed by atoms with Gasteiger partial charge in [-0.15, -0.1) is 0 Å². The summed E-state index contributed by atoms with van der Waals surface area (Å²) in [6, 6.07) is 0. The Kier molecular flexibility index (Phi) is 5.21. The van der Waals surface area contributed by atoms with Crippen LogP contribution in [0.15, 0.2) is 0 Å². The van der Waals surface area contributed by atoms with Crippen LogP contribution in [0.2, 0.25) is 0 Å². The van der Waals surface area contributed by atoms with Gasteiger partial charge in [0.2, 0.25) is 10.0 Å². The molecule has 0 aromatic rings. The molecule has 0 amide bonds. The van der Waals surface area contributed by atoms with Crippen molar-refractivity contribution >= 4 is 21.8 Å². The van der Waals surface area contributed by atoms with E-state index in [1.165, 1.54) is 0 Å². The third-order valence-electron chi connectivity index (χ3n) is 5.96. The molecule has 2 aliphatic carbocycles.